The van der Waals surface area contributed by atoms with Gasteiger partial charge in [0.05, 0.1) is 23.5 Å². The molecule has 0 atom stereocenters. The molecule has 9 nitrogen and oxygen atoms in total. The van der Waals surface area contributed by atoms with E-state index in [0.717, 1.165) is 6.07 Å². The molecule has 0 aliphatic heterocycles. The first-order valence-corrected chi connectivity index (χ1v) is 9.34. The summed E-state index contributed by atoms with van der Waals surface area (Å²) in [6, 6.07) is 8.43. The number of aromatic hydroxyl groups is 1. The SMILES string of the molecule is COc1cc(C=NCCNS(=O)(=O)c2ccc(C)c([N+](=O)[O-])c2)ccc1O. The summed E-state index contributed by atoms with van der Waals surface area (Å²) in [5.74, 6) is 0.315. The molecule has 0 spiro atoms. The van der Waals surface area contributed by atoms with Gasteiger partial charge in [0.2, 0.25) is 10.0 Å². The summed E-state index contributed by atoms with van der Waals surface area (Å²) in [5, 5.41) is 20.5. The minimum atomic E-state index is -3.88. The van der Waals surface area contributed by atoms with Crippen molar-refractivity contribution in [3.05, 3.63) is 57.6 Å². The summed E-state index contributed by atoms with van der Waals surface area (Å²) in [5.41, 5.74) is 0.812. The van der Waals surface area contributed by atoms with E-state index < -0.39 is 14.9 Å². The molecule has 0 unspecified atom stereocenters. The third-order valence-electron chi connectivity index (χ3n) is 3.66. The van der Waals surface area contributed by atoms with Gasteiger partial charge in [-0.15, -0.1) is 0 Å². The number of phenolic OH excluding ortho intramolecular Hbond substituents is 1. The Labute approximate surface area is 156 Å². The van der Waals surface area contributed by atoms with E-state index in [4.69, 9.17) is 4.74 Å². The van der Waals surface area contributed by atoms with Crippen LogP contribution in [-0.2, 0) is 10.0 Å². The Morgan fingerprint density at radius 1 is 1.30 bits per heavy atom. The standard InChI is InChI=1S/C17H19N3O6S/c1-12-3-5-14(10-15(12)20(22)23)27(24,25)19-8-7-18-11-13-4-6-16(21)17(9-13)26-2/h3-6,9-11,19,21H,7-8H2,1-2H3. The molecule has 0 saturated heterocycles. The van der Waals surface area contributed by atoms with E-state index in [1.807, 2.05) is 0 Å². The number of sulfonamides is 1. The third-order valence-corrected chi connectivity index (χ3v) is 5.12. The zero-order valence-electron chi connectivity index (χ0n) is 14.7. The van der Waals surface area contributed by atoms with E-state index >= 15 is 0 Å². The Morgan fingerprint density at radius 2 is 2.04 bits per heavy atom. The highest BCUT2D eigenvalue weighted by atomic mass is 32.2. The quantitative estimate of drug-likeness (QED) is 0.305. The number of aryl methyl sites for hydroxylation is 1. The topological polar surface area (TPSA) is 131 Å². The van der Waals surface area contributed by atoms with E-state index in [1.54, 1.807) is 12.1 Å². The lowest BCUT2D eigenvalue weighted by atomic mass is 10.2. The van der Waals surface area contributed by atoms with Crippen molar-refractivity contribution in [1.29, 1.82) is 0 Å². The summed E-state index contributed by atoms with van der Waals surface area (Å²) in [7, 11) is -2.45. The maximum Gasteiger partial charge on any atom is 0.273 e. The number of nitrogens with zero attached hydrogens (tertiary/aromatic N) is 2. The van der Waals surface area contributed by atoms with Crippen molar-refractivity contribution >= 4 is 21.9 Å². The molecule has 0 amide bonds. The molecule has 0 heterocycles. The Balaban J connectivity index is 1.98. The van der Waals surface area contributed by atoms with Crippen LogP contribution in [-0.4, -0.2) is 44.9 Å². The van der Waals surface area contributed by atoms with E-state index in [2.05, 4.69) is 9.71 Å². The molecule has 144 valence electrons. The van der Waals surface area contributed by atoms with Crippen molar-refractivity contribution in [3.63, 3.8) is 0 Å². The van der Waals surface area contributed by atoms with Crippen LogP contribution in [0.1, 0.15) is 11.1 Å². The number of nitrogens with one attached hydrogen (secondary N) is 1. The number of methoxy groups -OCH3 is 1. The molecule has 0 aromatic heterocycles. The van der Waals surface area contributed by atoms with Crippen molar-refractivity contribution in [2.45, 2.75) is 11.8 Å². The molecule has 0 bridgehead atoms. The molecule has 2 N–H and O–H groups in total. The van der Waals surface area contributed by atoms with Crippen LogP contribution in [0.2, 0.25) is 0 Å². The number of hydrogen-bond acceptors (Lipinski definition) is 7. The van der Waals surface area contributed by atoms with Crippen LogP contribution < -0.4 is 9.46 Å². The summed E-state index contributed by atoms with van der Waals surface area (Å²) in [6.45, 7) is 1.72. The lowest BCUT2D eigenvalue weighted by Gasteiger charge is -2.06. The second kappa shape index (κ2) is 8.60. The molecule has 2 aromatic carbocycles. The molecule has 0 aliphatic rings. The first-order valence-electron chi connectivity index (χ1n) is 7.86. The van der Waals surface area contributed by atoms with Crippen LogP contribution in [0, 0.1) is 17.0 Å². The van der Waals surface area contributed by atoms with E-state index in [0.29, 0.717) is 16.9 Å². The molecule has 0 saturated carbocycles. The van der Waals surface area contributed by atoms with Gasteiger partial charge in [-0.05, 0) is 36.8 Å². The largest absolute Gasteiger partial charge is 0.504 e. The van der Waals surface area contributed by atoms with Crippen molar-refractivity contribution < 1.29 is 23.2 Å². The second-order valence-electron chi connectivity index (χ2n) is 5.57. The van der Waals surface area contributed by atoms with E-state index in [-0.39, 0.29) is 29.4 Å². The van der Waals surface area contributed by atoms with Gasteiger partial charge in [0.1, 0.15) is 0 Å². The zero-order valence-corrected chi connectivity index (χ0v) is 15.6. The number of nitro groups is 1. The number of nitro benzene ring substituents is 1. The number of aliphatic imine (C=N–C) groups is 1. The average Bonchev–Trinajstić information content (AvgIpc) is 2.62. The Morgan fingerprint density at radius 3 is 2.70 bits per heavy atom. The summed E-state index contributed by atoms with van der Waals surface area (Å²) < 4.78 is 31.8. The fraction of sp³-hybridized carbons (Fsp3) is 0.235. The van der Waals surface area contributed by atoms with Gasteiger partial charge >= 0.3 is 0 Å². The Bertz CT molecular complexity index is 973. The smallest absolute Gasteiger partial charge is 0.273 e. The maximum atomic E-state index is 12.2. The summed E-state index contributed by atoms with van der Waals surface area (Å²) in [6.07, 6.45) is 1.52. The van der Waals surface area contributed by atoms with Crippen molar-refractivity contribution in [3.8, 4) is 11.5 Å². The molecule has 0 fully saturated rings. The van der Waals surface area contributed by atoms with Crippen LogP contribution in [0.15, 0.2) is 46.3 Å². The van der Waals surface area contributed by atoms with Crippen molar-refractivity contribution in [1.82, 2.24) is 4.72 Å². The molecule has 0 aliphatic carbocycles. The summed E-state index contributed by atoms with van der Waals surface area (Å²) >= 11 is 0. The highest BCUT2D eigenvalue weighted by Gasteiger charge is 2.19. The lowest BCUT2D eigenvalue weighted by Crippen LogP contribution is -2.26. The Hall–Kier alpha value is -2.98. The molecule has 10 heteroatoms. The van der Waals surface area contributed by atoms with Gasteiger partial charge in [-0.3, -0.25) is 15.1 Å². The number of benzene rings is 2. The fourth-order valence-electron chi connectivity index (χ4n) is 2.23. The molecule has 2 rings (SSSR count). The van der Waals surface area contributed by atoms with Gasteiger partial charge in [0.15, 0.2) is 11.5 Å². The van der Waals surface area contributed by atoms with E-state index in [9.17, 15) is 23.6 Å². The number of phenols is 1. The average molecular weight is 393 g/mol. The monoisotopic (exact) mass is 393 g/mol. The van der Waals surface area contributed by atoms with Gasteiger partial charge in [0, 0.05) is 24.4 Å². The molecule has 2 aromatic rings. The van der Waals surface area contributed by atoms with Crippen molar-refractivity contribution in [2.24, 2.45) is 4.99 Å². The van der Waals surface area contributed by atoms with Crippen molar-refractivity contribution in [2.75, 3.05) is 20.2 Å². The zero-order chi connectivity index (χ0) is 20.0. The van der Waals surface area contributed by atoms with Gasteiger partial charge in [-0.25, -0.2) is 13.1 Å². The van der Waals surface area contributed by atoms with Gasteiger partial charge in [0.25, 0.3) is 5.69 Å². The van der Waals surface area contributed by atoms with Gasteiger partial charge in [-0.2, -0.15) is 0 Å². The first kappa shape index (κ1) is 20.3. The van der Waals surface area contributed by atoms with Crippen LogP contribution in [0.5, 0.6) is 11.5 Å². The van der Waals surface area contributed by atoms with E-state index in [1.165, 1.54) is 38.4 Å². The molecular formula is C17H19N3O6S. The molecule has 27 heavy (non-hydrogen) atoms. The highest BCUT2D eigenvalue weighted by molar-refractivity contribution is 7.89. The molecular weight excluding hydrogens is 374 g/mol. The molecule has 0 radical (unpaired) electrons. The van der Waals surface area contributed by atoms with Crippen LogP contribution >= 0.6 is 0 Å². The fourth-order valence-corrected chi connectivity index (χ4v) is 3.27. The number of hydrogen-bond donors (Lipinski definition) is 2. The lowest BCUT2D eigenvalue weighted by molar-refractivity contribution is -0.385. The number of rotatable bonds is 8. The van der Waals surface area contributed by atoms with Crippen LogP contribution in [0.25, 0.3) is 0 Å². The minimum Gasteiger partial charge on any atom is -0.504 e. The second-order valence-corrected chi connectivity index (χ2v) is 7.34. The number of ether oxygens (including phenoxy) is 1. The van der Waals surface area contributed by atoms with Gasteiger partial charge < -0.3 is 9.84 Å². The predicted molar refractivity (Wildman–Crippen MR) is 100 cm³/mol. The predicted octanol–water partition coefficient (Wildman–Crippen LogP) is 2.01. The Kier molecular flexibility index (Phi) is 6.48. The van der Waals surface area contributed by atoms with Crippen LogP contribution in [0.3, 0.4) is 0 Å². The normalized spacial score (nSPS) is 11.6. The van der Waals surface area contributed by atoms with Crippen LogP contribution in [0.4, 0.5) is 5.69 Å². The first-order chi connectivity index (χ1) is 12.7. The highest BCUT2D eigenvalue weighted by Crippen LogP contribution is 2.25. The van der Waals surface area contributed by atoms with Gasteiger partial charge in [-0.1, -0.05) is 6.07 Å². The third kappa shape index (κ3) is 5.25. The maximum absolute atomic E-state index is 12.2. The minimum absolute atomic E-state index is 0.00889. The summed E-state index contributed by atoms with van der Waals surface area (Å²) in [4.78, 5) is 14.3.